The second kappa shape index (κ2) is 7.83. The number of nitrogens with zero attached hydrogens (tertiary/aromatic N) is 4. The van der Waals surface area contributed by atoms with Crippen LogP contribution in [-0.4, -0.2) is 51.9 Å². The second-order valence-electron chi connectivity index (χ2n) is 6.85. The number of amides is 1. The van der Waals surface area contributed by atoms with Gasteiger partial charge in [0.1, 0.15) is 11.9 Å². The van der Waals surface area contributed by atoms with Crippen molar-refractivity contribution in [3.05, 3.63) is 54.1 Å². The fraction of sp³-hybridized carbons (Fsp3) is 0.500. The van der Waals surface area contributed by atoms with Crippen molar-refractivity contribution in [3.8, 4) is 0 Å². The van der Waals surface area contributed by atoms with E-state index in [1.807, 2.05) is 49.5 Å². The molecule has 134 valence electrons. The van der Waals surface area contributed by atoms with Crippen LogP contribution in [0.2, 0.25) is 0 Å². The maximum atomic E-state index is 13.4. The van der Waals surface area contributed by atoms with E-state index >= 15 is 0 Å². The number of hydrogen-bond donors (Lipinski definition) is 0. The number of hydrogen-bond acceptors (Lipinski definition) is 3. The number of aryl methyl sites for hydroxylation is 1. The number of likely N-dealkylation sites (tertiary alicyclic amines) is 1. The summed E-state index contributed by atoms with van der Waals surface area (Å²) in [7, 11) is 2.02. The molecule has 0 N–H and O–H groups in total. The summed E-state index contributed by atoms with van der Waals surface area (Å²) in [6.07, 6.45) is 6.00. The molecule has 1 amide bonds. The molecule has 1 fully saturated rings. The Balaban J connectivity index is 1.81. The van der Waals surface area contributed by atoms with E-state index in [9.17, 15) is 4.79 Å². The van der Waals surface area contributed by atoms with Crippen LogP contribution in [-0.2, 0) is 4.79 Å². The summed E-state index contributed by atoms with van der Waals surface area (Å²) in [4.78, 5) is 21.9. The predicted octanol–water partition coefficient (Wildman–Crippen LogP) is 3.05. The first-order valence-electron chi connectivity index (χ1n) is 9.15. The van der Waals surface area contributed by atoms with Gasteiger partial charge < -0.3 is 9.47 Å². The normalized spacial score (nSPS) is 19.2. The minimum atomic E-state index is -0.214. The van der Waals surface area contributed by atoms with Gasteiger partial charge in [0, 0.05) is 25.5 Å². The lowest BCUT2D eigenvalue weighted by molar-refractivity contribution is -0.138. The Bertz CT molecular complexity index is 697. The average molecular weight is 340 g/mol. The monoisotopic (exact) mass is 340 g/mol. The molecular formula is C20H28N4O. The van der Waals surface area contributed by atoms with Gasteiger partial charge >= 0.3 is 0 Å². The van der Waals surface area contributed by atoms with Gasteiger partial charge in [-0.05, 0) is 38.9 Å². The molecule has 1 saturated heterocycles. The maximum absolute atomic E-state index is 13.4. The highest BCUT2D eigenvalue weighted by molar-refractivity contribution is 5.83. The molecule has 5 nitrogen and oxygen atoms in total. The van der Waals surface area contributed by atoms with E-state index in [-0.39, 0.29) is 11.9 Å². The molecule has 2 aromatic rings. The summed E-state index contributed by atoms with van der Waals surface area (Å²) in [6.45, 7) is 6.56. The van der Waals surface area contributed by atoms with Crippen LogP contribution in [0.25, 0.3) is 0 Å². The number of rotatable bonds is 5. The SMILES string of the molecule is CCN(C)[C@@H](C(=O)N1CCC[C@H](n2ccnc2C)C1)c1ccccc1. The Hall–Kier alpha value is -2.14. The topological polar surface area (TPSA) is 41.4 Å². The van der Waals surface area contributed by atoms with E-state index in [1.165, 1.54) is 0 Å². The van der Waals surface area contributed by atoms with Crippen molar-refractivity contribution in [2.75, 3.05) is 26.7 Å². The van der Waals surface area contributed by atoms with Crippen molar-refractivity contribution >= 4 is 5.91 Å². The molecule has 25 heavy (non-hydrogen) atoms. The molecular weight excluding hydrogens is 312 g/mol. The largest absolute Gasteiger partial charge is 0.339 e. The van der Waals surface area contributed by atoms with Gasteiger partial charge in [-0.25, -0.2) is 4.98 Å². The van der Waals surface area contributed by atoms with Gasteiger partial charge in [0.15, 0.2) is 0 Å². The highest BCUT2D eigenvalue weighted by Crippen LogP contribution is 2.27. The van der Waals surface area contributed by atoms with Crippen LogP contribution in [0.3, 0.4) is 0 Å². The third-order valence-electron chi connectivity index (χ3n) is 5.25. The predicted molar refractivity (Wildman–Crippen MR) is 99.3 cm³/mol. The Morgan fingerprint density at radius 2 is 2.12 bits per heavy atom. The first kappa shape index (κ1) is 17.7. The van der Waals surface area contributed by atoms with Crippen LogP contribution in [0.1, 0.15) is 43.2 Å². The van der Waals surface area contributed by atoms with Crippen LogP contribution in [0.5, 0.6) is 0 Å². The Morgan fingerprint density at radius 1 is 1.36 bits per heavy atom. The third kappa shape index (κ3) is 3.76. The summed E-state index contributed by atoms with van der Waals surface area (Å²) < 4.78 is 2.21. The molecule has 1 aromatic carbocycles. The number of imidazole rings is 1. The lowest BCUT2D eigenvalue weighted by Crippen LogP contribution is -2.46. The lowest BCUT2D eigenvalue weighted by Gasteiger charge is -2.38. The van der Waals surface area contributed by atoms with Crippen LogP contribution < -0.4 is 0 Å². The number of piperidine rings is 1. The minimum Gasteiger partial charge on any atom is -0.339 e. The van der Waals surface area contributed by atoms with Crippen molar-refractivity contribution in [2.24, 2.45) is 0 Å². The van der Waals surface area contributed by atoms with Crippen molar-refractivity contribution in [3.63, 3.8) is 0 Å². The van der Waals surface area contributed by atoms with Crippen LogP contribution >= 0.6 is 0 Å². The second-order valence-corrected chi connectivity index (χ2v) is 6.85. The molecule has 0 spiro atoms. The third-order valence-corrected chi connectivity index (χ3v) is 5.25. The summed E-state index contributed by atoms with van der Waals surface area (Å²) in [5.41, 5.74) is 1.07. The van der Waals surface area contributed by atoms with E-state index in [4.69, 9.17) is 0 Å². The van der Waals surface area contributed by atoms with E-state index < -0.39 is 0 Å². The maximum Gasteiger partial charge on any atom is 0.244 e. The Morgan fingerprint density at radius 3 is 2.76 bits per heavy atom. The highest BCUT2D eigenvalue weighted by atomic mass is 16.2. The zero-order chi connectivity index (χ0) is 17.8. The molecule has 1 aliphatic heterocycles. The molecule has 2 atom stereocenters. The van der Waals surface area contributed by atoms with Gasteiger partial charge in [-0.3, -0.25) is 9.69 Å². The van der Waals surface area contributed by atoms with Crippen molar-refractivity contribution in [2.45, 2.75) is 38.8 Å². The number of likely N-dealkylation sites (N-methyl/N-ethyl adjacent to an activating group) is 1. The minimum absolute atomic E-state index is 0.206. The summed E-state index contributed by atoms with van der Waals surface area (Å²) in [5, 5.41) is 0. The molecule has 0 radical (unpaired) electrons. The Kier molecular flexibility index (Phi) is 5.53. The molecule has 0 saturated carbocycles. The number of aromatic nitrogens is 2. The fourth-order valence-corrected chi connectivity index (χ4v) is 3.73. The van der Waals surface area contributed by atoms with Crippen LogP contribution in [0.4, 0.5) is 0 Å². The van der Waals surface area contributed by atoms with E-state index in [0.717, 1.165) is 43.9 Å². The molecule has 1 aromatic heterocycles. The first-order chi connectivity index (χ1) is 12.1. The number of carbonyl (C=O) groups is 1. The van der Waals surface area contributed by atoms with Gasteiger partial charge in [-0.15, -0.1) is 0 Å². The van der Waals surface area contributed by atoms with Gasteiger partial charge in [0.05, 0.1) is 6.04 Å². The lowest BCUT2D eigenvalue weighted by atomic mass is 10.0. The molecule has 1 aliphatic rings. The van der Waals surface area contributed by atoms with Gasteiger partial charge in [-0.2, -0.15) is 0 Å². The van der Waals surface area contributed by atoms with Gasteiger partial charge in [0.25, 0.3) is 0 Å². The highest BCUT2D eigenvalue weighted by Gasteiger charge is 2.32. The summed E-state index contributed by atoms with van der Waals surface area (Å²) >= 11 is 0. The smallest absolute Gasteiger partial charge is 0.244 e. The number of benzene rings is 1. The van der Waals surface area contributed by atoms with Crippen LogP contribution in [0.15, 0.2) is 42.7 Å². The fourth-order valence-electron chi connectivity index (χ4n) is 3.73. The molecule has 3 rings (SSSR count). The van der Waals surface area contributed by atoms with Crippen molar-refractivity contribution in [1.29, 1.82) is 0 Å². The zero-order valence-electron chi connectivity index (χ0n) is 15.4. The first-order valence-corrected chi connectivity index (χ1v) is 9.15. The number of carbonyl (C=O) groups excluding carboxylic acids is 1. The van der Waals surface area contributed by atoms with Crippen LogP contribution in [0, 0.1) is 6.92 Å². The quantitative estimate of drug-likeness (QED) is 0.840. The van der Waals surface area contributed by atoms with Crippen molar-refractivity contribution in [1.82, 2.24) is 19.4 Å². The van der Waals surface area contributed by atoms with E-state index in [1.54, 1.807) is 0 Å². The Labute approximate surface area is 150 Å². The van der Waals surface area contributed by atoms with E-state index in [0.29, 0.717) is 6.04 Å². The molecule has 0 aliphatic carbocycles. The zero-order valence-corrected chi connectivity index (χ0v) is 15.4. The van der Waals surface area contributed by atoms with E-state index in [2.05, 4.69) is 33.5 Å². The average Bonchev–Trinajstić information content (AvgIpc) is 3.08. The standard InChI is InChI=1S/C20H28N4O/c1-4-22(3)19(17-9-6-5-7-10-17)20(25)23-13-8-11-18(15-23)24-14-12-21-16(24)2/h5-7,9-10,12,14,18-19H,4,8,11,13,15H2,1-3H3/t18-,19+/m0/s1. The molecule has 2 heterocycles. The molecule has 5 heteroatoms. The summed E-state index contributed by atoms with van der Waals surface area (Å²) in [6, 6.07) is 10.2. The van der Waals surface area contributed by atoms with Crippen molar-refractivity contribution < 1.29 is 4.79 Å². The summed E-state index contributed by atoms with van der Waals surface area (Å²) in [5.74, 6) is 1.22. The molecule has 0 bridgehead atoms. The van der Waals surface area contributed by atoms with Gasteiger partial charge in [-0.1, -0.05) is 37.3 Å². The molecule has 0 unspecified atom stereocenters. The van der Waals surface area contributed by atoms with Gasteiger partial charge in [0.2, 0.25) is 5.91 Å².